The van der Waals surface area contributed by atoms with Gasteiger partial charge in [0.15, 0.2) is 0 Å². The summed E-state index contributed by atoms with van der Waals surface area (Å²) in [7, 11) is 3.32. The zero-order valence-electron chi connectivity index (χ0n) is 20.1. The highest BCUT2D eigenvalue weighted by Crippen LogP contribution is 2.29. The number of piperidine rings is 1. The molecule has 0 aliphatic carbocycles. The number of methoxy groups -OCH3 is 2. The maximum absolute atomic E-state index is 12.3. The van der Waals surface area contributed by atoms with Crippen LogP contribution in [0.4, 0.5) is 4.79 Å². The monoisotopic (exact) mass is 441 g/mol. The number of hydrogen-bond donors (Lipinski definition) is 0. The number of carbonyl (C=O) groups is 1. The summed E-state index contributed by atoms with van der Waals surface area (Å²) in [5.74, 6) is 1.92. The fourth-order valence-electron chi connectivity index (χ4n) is 3.97. The average molecular weight is 442 g/mol. The van der Waals surface area contributed by atoms with Gasteiger partial charge < -0.3 is 19.1 Å². The molecule has 32 heavy (non-hydrogen) atoms. The predicted molar refractivity (Wildman–Crippen MR) is 124 cm³/mol. The molecular weight excluding hydrogens is 406 g/mol. The maximum atomic E-state index is 12.3. The minimum atomic E-state index is -0.470. The normalized spacial score (nSPS) is 14.9. The van der Waals surface area contributed by atoms with Gasteiger partial charge in [0.2, 0.25) is 0 Å². The molecule has 0 saturated carbocycles. The van der Waals surface area contributed by atoms with Gasteiger partial charge in [-0.15, -0.1) is 0 Å². The van der Waals surface area contributed by atoms with Crippen molar-refractivity contribution >= 4 is 6.09 Å². The second-order valence-corrected chi connectivity index (χ2v) is 9.32. The first-order valence-corrected chi connectivity index (χ1v) is 11.2. The van der Waals surface area contributed by atoms with Gasteiger partial charge in [-0.25, -0.2) is 4.79 Å². The molecule has 1 fully saturated rings. The molecule has 0 unspecified atom stereocenters. The summed E-state index contributed by atoms with van der Waals surface area (Å²) >= 11 is 0. The zero-order valence-corrected chi connectivity index (χ0v) is 20.1. The maximum Gasteiger partial charge on any atom is 0.410 e. The highest BCUT2D eigenvalue weighted by Gasteiger charge is 2.28. The lowest BCUT2D eigenvalue weighted by molar-refractivity contribution is 0.0204. The van der Waals surface area contributed by atoms with Crippen LogP contribution < -0.4 is 9.47 Å². The predicted octanol–water partition coefficient (Wildman–Crippen LogP) is 4.70. The molecule has 1 aliphatic rings. The molecule has 0 radical (unpaired) electrons. The molecule has 0 bridgehead atoms. The summed E-state index contributed by atoms with van der Waals surface area (Å²) < 4.78 is 16.3. The molecule has 2 heterocycles. The first-order valence-electron chi connectivity index (χ1n) is 11.2. The molecule has 2 aromatic rings. The second kappa shape index (κ2) is 10.2. The lowest BCUT2D eigenvalue weighted by atomic mass is 9.92. The second-order valence-electron chi connectivity index (χ2n) is 9.32. The minimum absolute atomic E-state index is 0.234. The molecule has 7 nitrogen and oxygen atoms in total. The average Bonchev–Trinajstić information content (AvgIpc) is 2.77. The fourth-order valence-corrected chi connectivity index (χ4v) is 3.97. The highest BCUT2D eigenvalue weighted by atomic mass is 16.6. The number of likely N-dealkylation sites (tertiary alicyclic amines) is 1. The van der Waals surface area contributed by atoms with Crippen LogP contribution in [0.25, 0.3) is 0 Å². The SMILES string of the molecule is COc1ccc(CCc2nnc(C3CCN(C(=O)OC(C)(C)C)CC3)cc2C)c(OC)c1. The Labute approximate surface area is 191 Å². The summed E-state index contributed by atoms with van der Waals surface area (Å²) in [6.07, 6.45) is 3.11. The quantitative estimate of drug-likeness (QED) is 0.647. The van der Waals surface area contributed by atoms with E-state index in [4.69, 9.17) is 14.2 Å². The van der Waals surface area contributed by atoms with E-state index < -0.39 is 5.60 Å². The Kier molecular flexibility index (Phi) is 7.59. The Morgan fingerprint density at radius 2 is 1.78 bits per heavy atom. The largest absolute Gasteiger partial charge is 0.497 e. The molecule has 1 aliphatic heterocycles. The van der Waals surface area contributed by atoms with Gasteiger partial charge in [0.1, 0.15) is 17.1 Å². The van der Waals surface area contributed by atoms with E-state index in [-0.39, 0.29) is 6.09 Å². The molecular formula is C25H35N3O4. The Morgan fingerprint density at radius 1 is 1.06 bits per heavy atom. The Hall–Kier alpha value is -2.83. The third kappa shape index (κ3) is 6.11. The van der Waals surface area contributed by atoms with Crippen LogP contribution in [-0.4, -0.2) is 54.1 Å². The summed E-state index contributed by atoms with van der Waals surface area (Å²) in [5, 5.41) is 9.08. The fraction of sp³-hybridized carbons (Fsp3) is 0.560. The Morgan fingerprint density at radius 3 is 2.38 bits per heavy atom. The summed E-state index contributed by atoms with van der Waals surface area (Å²) in [5.41, 5.74) is 3.81. The standard InChI is InChI=1S/C25H35N3O4/c1-17-15-22(18-11-13-28(14-12-18)24(29)32-25(2,3)4)27-26-21(17)10-8-19-7-9-20(30-5)16-23(19)31-6/h7,9,15-16,18H,8,10-14H2,1-6H3. The molecule has 0 atom stereocenters. The number of aromatic nitrogens is 2. The lowest BCUT2D eigenvalue weighted by Gasteiger charge is -2.33. The number of ether oxygens (including phenoxy) is 3. The molecule has 1 saturated heterocycles. The Balaban J connectivity index is 1.59. The number of aryl methyl sites for hydroxylation is 3. The van der Waals surface area contributed by atoms with Crippen molar-refractivity contribution in [2.75, 3.05) is 27.3 Å². The molecule has 7 heteroatoms. The molecule has 174 valence electrons. The molecule has 1 aromatic heterocycles. The number of rotatable bonds is 6. The smallest absolute Gasteiger partial charge is 0.410 e. The Bertz CT molecular complexity index is 931. The van der Waals surface area contributed by atoms with Crippen LogP contribution in [0.15, 0.2) is 24.3 Å². The highest BCUT2D eigenvalue weighted by molar-refractivity contribution is 5.68. The van der Waals surface area contributed by atoms with Crippen LogP contribution in [0.3, 0.4) is 0 Å². The van der Waals surface area contributed by atoms with E-state index in [0.717, 1.165) is 59.7 Å². The zero-order chi connectivity index (χ0) is 23.3. The van der Waals surface area contributed by atoms with Crippen molar-refractivity contribution in [3.8, 4) is 11.5 Å². The van der Waals surface area contributed by atoms with Crippen LogP contribution in [0.2, 0.25) is 0 Å². The van der Waals surface area contributed by atoms with E-state index in [1.807, 2.05) is 39.0 Å². The third-order valence-corrected chi connectivity index (χ3v) is 5.80. The van der Waals surface area contributed by atoms with Gasteiger partial charge in [-0.3, -0.25) is 0 Å². The van der Waals surface area contributed by atoms with Crippen molar-refractivity contribution in [2.24, 2.45) is 0 Å². The van der Waals surface area contributed by atoms with Crippen LogP contribution in [0.1, 0.15) is 62.0 Å². The van der Waals surface area contributed by atoms with Crippen molar-refractivity contribution in [1.82, 2.24) is 15.1 Å². The van der Waals surface area contributed by atoms with Crippen LogP contribution >= 0.6 is 0 Å². The van der Waals surface area contributed by atoms with Crippen molar-refractivity contribution in [3.63, 3.8) is 0 Å². The van der Waals surface area contributed by atoms with Gasteiger partial charge in [-0.2, -0.15) is 10.2 Å². The number of carbonyl (C=O) groups excluding carboxylic acids is 1. The van der Waals surface area contributed by atoms with Gasteiger partial charge in [-0.1, -0.05) is 6.07 Å². The van der Waals surface area contributed by atoms with Crippen molar-refractivity contribution in [2.45, 2.75) is 64.9 Å². The van der Waals surface area contributed by atoms with Crippen molar-refractivity contribution in [1.29, 1.82) is 0 Å². The van der Waals surface area contributed by atoms with E-state index in [1.54, 1.807) is 19.1 Å². The van der Waals surface area contributed by atoms with Crippen molar-refractivity contribution < 1.29 is 19.0 Å². The molecule has 3 rings (SSSR count). The number of benzene rings is 1. The lowest BCUT2D eigenvalue weighted by Crippen LogP contribution is -2.41. The van der Waals surface area contributed by atoms with Gasteiger partial charge >= 0.3 is 6.09 Å². The minimum Gasteiger partial charge on any atom is -0.497 e. The summed E-state index contributed by atoms with van der Waals surface area (Å²) in [6.45, 7) is 9.13. The van der Waals surface area contributed by atoms with E-state index in [9.17, 15) is 4.79 Å². The number of amides is 1. The van der Waals surface area contributed by atoms with Gasteiger partial charge in [0, 0.05) is 25.1 Å². The van der Waals surface area contributed by atoms with Crippen LogP contribution in [0.5, 0.6) is 11.5 Å². The van der Waals surface area contributed by atoms with E-state index >= 15 is 0 Å². The third-order valence-electron chi connectivity index (χ3n) is 5.80. The molecule has 1 aromatic carbocycles. The van der Waals surface area contributed by atoms with E-state index in [2.05, 4.69) is 23.2 Å². The van der Waals surface area contributed by atoms with Gasteiger partial charge in [-0.05, 0) is 76.6 Å². The number of nitrogens with zero attached hydrogens (tertiary/aromatic N) is 3. The number of hydrogen-bond acceptors (Lipinski definition) is 6. The molecule has 1 amide bonds. The summed E-state index contributed by atoms with van der Waals surface area (Å²) in [4.78, 5) is 14.1. The van der Waals surface area contributed by atoms with Crippen LogP contribution in [-0.2, 0) is 17.6 Å². The molecule has 0 N–H and O–H groups in total. The van der Waals surface area contributed by atoms with Gasteiger partial charge in [0.05, 0.1) is 25.6 Å². The summed E-state index contributed by atoms with van der Waals surface area (Å²) in [6, 6.07) is 8.04. The van der Waals surface area contributed by atoms with E-state index in [0.29, 0.717) is 19.0 Å². The van der Waals surface area contributed by atoms with Crippen LogP contribution in [0, 0.1) is 6.92 Å². The van der Waals surface area contributed by atoms with Gasteiger partial charge in [0.25, 0.3) is 0 Å². The first-order chi connectivity index (χ1) is 15.2. The first kappa shape index (κ1) is 23.8. The van der Waals surface area contributed by atoms with E-state index in [1.165, 1.54) is 0 Å². The topological polar surface area (TPSA) is 73.8 Å². The van der Waals surface area contributed by atoms with Crippen molar-refractivity contribution in [3.05, 3.63) is 46.8 Å². The molecule has 0 spiro atoms.